The van der Waals surface area contributed by atoms with E-state index in [0.717, 1.165) is 23.2 Å². The minimum absolute atomic E-state index is 0.479. The summed E-state index contributed by atoms with van der Waals surface area (Å²) in [6.07, 6.45) is 0.839. The van der Waals surface area contributed by atoms with Crippen LogP contribution in [0.1, 0.15) is 25.8 Å². The molecule has 0 saturated heterocycles. The molecule has 0 radical (unpaired) electrons. The van der Waals surface area contributed by atoms with Gasteiger partial charge in [0.15, 0.2) is 11.5 Å². The van der Waals surface area contributed by atoms with Crippen LogP contribution in [0.15, 0.2) is 18.2 Å². The number of alkyl halides is 1. The molecular formula is C11H13BrO2. The van der Waals surface area contributed by atoms with Crippen molar-refractivity contribution in [2.45, 2.75) is 31.4 Å². The zero-order valence-electron chi connectivity index (χ0n) is 8.34. The lowest BCUT2D eigenvalue weighted by atomic mass is 10.2. The van der Waals surface area contributed by atoms with E-state index in [2.05, 4.69) is 22.9 Å². The molecule has 1 atom stereocenters. The van der Waals surface area contributed by atoms with E-state index in [1.165, 1.54) is 5.56 Å². The van der Waals surface area contributed by atoms with E-state index in [-0.39, 0.29) is 0 Å². The van der Waals surface area contributed by atoms with Gasteiger partial charge in [-0.2, -0.15) is 0 Å². The highest BCUT2D eigenvalue weighted by molar-refractivity contribution is 9.08. The minimum Gasteiger partial charge on any atom is -0.449 e. The predicted octanol–water partition coefficient (Wildman–Crippen LogP) is 3.48. The first-order chi connectivity index (χ1) is 6.67. The zero-order chi connectivity index (χ0) is 10.2. The summed E-state index contributed by atoms with van der Waals surface area (Å²) in [5.41, 5.74) is 1.20. The third-order valence-electron chi connectivity index (χ3n) is 2.46. The van der Waals surface area contributed by atoms with Crippen LogP contribution in [-0.2, 0) is 5.33 Å². The van der Waals surface area contributed by atoms with E-state index in [1.54, 1.807) is 0 Å². The summed E-state index contributed by atoms with van der Waals surface area (Å²) in [6, 6.07) is 6.02. The fourth-order valence-electron chi connectivity index (χ4n) is 1.43. The largest absolute Gasteiger partial charge is 0.449 e. The normalized spacial score (nSPS) is 23.9. The highest BCUT2D eigenvalue weighted by Gasteiger charge is 2.34. The maximum absolute atomic E-state index is 5.74. The van der Waals surface area contributed by atoms with Gasteiger partial charge in [0, 0.05) is 18.7 Å². The van der Waals surface area contributed by atoms with Crippen LogP contribution in [-0.4, -0.2) is 5.79 Å². The van der Waals surface area contributed by atoms with E-state index in [4.69, 9.17) is 9.47 Å². The lowest BCUT2D eigenvalue weighted by Crippen LogP contribution is -2.33. The van der Waals surface area contributed by atoms with Crippen molar-refractivity contribution in [3.8, 4) is 11.5 Å². The molecule has 2 nitrogen and oxygen atoms in total. The molecule has 2 rings (SSSR count). The van der Waals surface area contributed by atoms with Crippen LogP contribution in [0, 0.1) is 0 Å². The molecule has 1 unspecified atom stereocenters. The molecule has 0 aromatic heterocycles. The van der Waals surface area contributed by atoms with Gasteiger partial charge in [-0.3, -0.25) is 0 Å². The van der Waals surface area contributed by atoms with Crippen LogP contribution in [0.2, 0.25) is 0 Å². The van der Waals surface area contributed by atoms with E-state index in [0.29, 0.717) is 0 Å². The summed E-state index contributed by atoms with van der Waals surface area (Å²) in [5, 5.41) is 0.840. The Kier molecular flexibility index (Phi) is 2.43. The summed E-state index contributed by atoms with van der Waals surface area (Å²) < 4.78 is 11.4. The molecule has 0 bridgehead atoms. The Bertz CT molecular complexity index is 351. The molecule has 0 fully saturated rings. The van der Waals surface area contributed by atoms with Crippen LogP contribution in [0.25, 0.3) is 0 Å². The van der Waals surface area contributed by atoms with Crippen LogP contribution < -0.4 is 9.47 Å². The SMILES string of the molecule is CCC1(C)Oc2ccc(CBr)cc2O1. The minimum atomic E-state index is -0.479. The third kappa shape index (κ3) is 1.61. The first-order valence-electron chi connectivity index (χ1n) is 4.74. The quantitative estimate of drug-likeness (QED) is 0.755. The van der Waals surface area contributed by atoms with Gasteiger partial charge in [-0.15, -0.1) is 0 Å². The number of rotatable bonds is 2. The molecule has 1 aromatic carbocycles. The summed E-state index contributed by atoms with van der Waals surface area (Å²) in [4.78, 5) is 0. The van der Waals surface area contributed by atoms with Gasteiger partial charge in [0.25, 0.3) is 0 Å². The molecule has 3 heteroatoms. The molecule has 0 amide bonds. The average molecular weight is 257 g/mol. The predicted molar refractivity (Wildman–Crippen MR) is 59.0 cm³/mol. The van der Waals surface area contributed by atoms with E-state index in [9.17, 15) is 0 Å². The Morgan fingerprint density at radius 1 is 1.29 bits per heavy atom. The fourth-order valence-corrected chi connectivity index (χ4v) is 1.78. The van der Waals surface area contributed by atoms with Crippen molar-refractivity contribution >= 4 is 15.9 Å². The van der Waals surface area contributed by atoms with Crippen molar-refractivity contribution in [3.05, 3.63) is 23.8 Å². The van der Waals surface area contributed by atoms with Gasteiger partial charge >= 0.3 is 0 Å². The van der Waals surface area contributed by atoms with Gasteiger partial charge in [-0.25, -0.2) is 0 Å². The van der Waals surface area contributed by atoms with Crippen molar-refractivity contribution in [2.75, 3.05) is 0 Å². The second-order valence-electron chi connectivity index (χ2n) is 3.61. The average Bonchev–Trinajstić information content (AvgIpc) is 2.54. The second kappa shape index (κ2) is 3.46. The maximum Gasteiger partial charge on any atom is 0.248 e. The zero-order valence-corrected chi connectivity index (χ0v) is 9.93. The van der Waals surface area contributed by atoms with Gasteiger partial charge in [0.2, 0.25) is 5.79 Å². The van der Waals surface area contributed by atoms with Crippen molar-refractivity contribution in [1.29, 1.82) is 0 Å². The molecule has 14 heavy (non-hydrogen) atoms. The number of fused-ring (bicyclic) bond motifs is 1. The van der Waals surface area contributed by atoms with E-state index in [1.807, 2.05) is 25.1 Å². The van der Waals surface area contributed by atoms with E-state index < -0.39 is 5.79 Å². The van der Waals surface area contributed by atoms with Crippen LogP contribution >= 0.6 is 15.9 Å². The summed E-state index contributed by atoms with van der Waals surface area (Å²) in [7, 11) is 0. The van der Waals surface area contributed by atoms with Gasteiger partial charge in [0.1, 0.15) is 0 Å². The first-order valence-corrected chi connectivity index (χ1v) is 5.86. The Labute approximate surface area is 92.3 Å². The molecule has 1 aromatic rings. The molecule has 0 aliphatic carbocycles. The Balaban J connectivity index is 2.31. The van der Waals surface area contributed by atoms with Crippen molar-refractivity contribution in [2.24, 2.45) is 0 Å². The van der Waals surface area contributed by atoms with Gasteiger partial charge < -0.3 is 9.47 Å². The fraction of sp³-hybridized carbons (Fsp3) is 0.455. The molecule has 1 aliphatic rings. The molecule has 76 valence electrons. The monoisotopic (exact) mass is 256 g/mol. The molecule has 1 aliphatic heterocycles. The van der Waals surface area contributed by atoms with Crippen molar-refractivity contribution < 1.29 is 9.47 Å². The lowest BCUT2D eigenvalue weighted by Gasteiger charge is -2.20. The molecule has 0 N–H and O–H groups in total. The summed E-state index contributed by atoms with van der Waals surface area (Å²) >= 11 is 3.42. The van der Waals surface area contributed by atoms with E-state index >= 15 is 0 Å². The number of ether oxygens (including phenoxy) is 2. The van der Waals surface area contributed by atoms with Crippen LogP contribution in [0.5, 0.6) is 11.5 Å². The topological polar surface area (TPSA) is 18.5 Å². The van der Waals surface area contributed by atoms with Crippen molar-refractivity contribution in [3.63, 3.8) is 0 Å². The lowest BCUT2D eigenvalue weighted by molar-refractivity contribution is -0.0640. The van der Waals surface area contributed by atoms with Crippen LogP contribution in [0.3, 0.4) is 0 Å². The van der Waals surface area contributed by atoms with Crippen molar-refractivity contribution in [1.82, 2.24) is 0 Å². The standard InChI is InChI=1S/C11H13BrO2/c1-3-11(2)13-9-5-4-8(7-12)6-10(9)14-11/h4-6H,3,7H2,1-2H3. The second-order valence-corrected chi connectivity index (χ2v) is 4.17. The highest BCUT2D eigenvalue weighted by atomic mass is 79.9. The van der Waals surface area contributed by atoms with Crippen LogP contribution in [0.4, 0.5) is 0 Å². The maximum atomic E-state index is 5.74. The Morgan fingerprint density at radius 3 is 2.64 bits per heavy atom. The molecular weight excluding hydrogens is 244 g/mol. The highest BCUT2D eigenvalue weighted by Crippen LogP contribution is 2.41. The number of hydrogen-bond acceptors (Lipinski definition) is 2. The Morgan fingerprint density at radius 2 is 2.00 bits per heavy atom. The smallest absolute Gasteiger partial charge is 0.248 e. The third-order valence-corrected chi connectivity index (χ3v) is 3.10. The number of halogens is 1. The number of benzene rings is 1. The number of hydrogen-bond donors (Lipinski definition) is 0. The van der Waals surface area contributed by atoms with Gasteiger partial charge in [-0.1, -0.05) is 28.9 Å². The summed E-state index contributed by atoms with van der Waals surface area (Å²) in [6.45, 7) is 4.01. The summed E-state index contributed by atoms with van der Waals surface area (Å²) in [5.74, 6) is 1.22. The molecule has 1 heterocycles. The van der Waals surface area contributed by atoms with Gasteiger partial charge in [-0.05, 0) is 17.7 Å². The molecule has 0 spiro atoms. The van der Waals surface area contributed by atoms with Gasteiger partial charge in [0.05, 0.1) is 0 Å². The Hall–Kier alpha value is -0.700. The molecule has 0 saturated carbocycles. The first kappa shape index (κ1) is 9.84.